The Morgan fingerprint density at radius 1 is 1.06 bits per heavy atom. The van der Waals surface area contributed by atoms with Crippen LogP contribution in [0.3, 0.4) is 0 Å². The first-order valence-corrected chi connectivity index (χ1v) is 5.80. The van der Waals surface area contributed by atoms with Crippen molar-refractivity contribution in [2.75, 3.05) is 11.1 Å². The summed E-state index contributed by atoms with van der Waals surface area (Å²) in [6, 6.07) is 12.9. The highest BCUT2D eigenvalue weighted by atomic mass is 16.1. The molecule has 0 atom stereocenters. The van der Waals surface area contributed by atoms with Crippen LogP contribution in [-0.4, -0.2) is 5.91 Å². The maximum atomic E-state index is 12.0. The van der Waals surface area contributed by atoms with E-state index in [1.54, 1.807) is 12.1 Å². The lowest BCUT2D eigenvalue weighted by molar-refractivity contribution is 0.102. The maximum Gasteiger partial charge on any atom is 0.255 e. The van der Waals surface area contributed by atoms with E-state index in [4.69, 9.17) is 5.73 Å². The molecule has 0 fully saturated rings. The van der Waals surface area contributed by atoms with Gasteiger partial charge in [-0.1, -0.05) is 17.7 Å². The number of anilines is 2. The predicted molar refractivity (Wildman–Crippen MR) is 74.7 cm³/mol. The number of amides is 1. The second-order valence-electron chi connectivity index (χ2n) is 4.39. The van der Waals surface area contributed by atoms with Crippen LogP contribution in [0.5, 0.6) is 0 Å². The minimum Gasteiger partial charge on any atom is -0.399 e. The molecule has 0 bridgehead atoms. The normalized spacial score (nSPS) is 10.1. The largest absolute Gasteiger partial charge is 0.399 e. The van der Waals surface area contributed by atoms with Gasteiger partial charge in [-0.25, -0.2) is 0 Å². The Morgan fingerprint density at radius 3 is 2.33 bits per heavy atom. The Hall–Kier alpha value is -2.29. The van der Waals surface area contributed by atoms with E-state index in [1.165, 1.54) is 0 Å². The molecule has 0 heterocycles. The van der Waals surface area contributed by atoms with E-state index in [9.17, 15) is 4.79 Å². The van der Waals surface area contributed by atoms with Gasteiger partial charge in [-0.15, -0.1) is 0 Å². The van der Waals surface area contributed by atoms with Gasteiger partial charge < -0.3 is 11.1 Å². The van der Waals surface area contributed by atoms with E-state index < -0.39 is 0 Å². The molecule has 0 aromatic heterocycles. The number of hydrogen-bond donors (Lipinski definition) is 2. The van der Waals surface area contributed by atoms with E-state index in [0.717, 1.165) is 22.5 Å². The maximum absolute atomic E-state index is 12.0. The van der Waals surface area contributed by atoms with Crippen LogP contribution in [-0.2, 0) is 0 Å². The smallest absolute Gasteiger partial charge is 0.255 e. The van der Waals surface area contributed by atoms with Crippen LogP contribution in [0.4, 0.5) is 11.4 Å². The van der Waals surface area contributed by atoms with Gasteiger partial charge in [0.25, 0.3) is 5.91 Å². The van der Waals surface area contributed by atoms with Gasteiger partial charge in [0.2, 0.25) is 0 Å². The number of nitrogen functional groups attached to an aromatic ring is 1. The second-order valence-corrected chi connectivity index (χ2v) is 4.39. The summed E-state index contributed by atoms with van der Waals surface area (Å²) < 4.78 is 0. The van der Waals surface area contributed by atoms with Crippen molar-refractivity contribution in [1.82, 2.24) is 0 Å². The van der Waals surface area contributed by atoms with E-state index in [0.29, 0.717) is 5.56 Å². The molecule has 0 unspecified atom stereocenters. The minimum absolute atomic E-state index is 0.112. The molecule has 2 aromatic rings. The van der Waals surface area contributed by atoms with E-state index in [1.807, 2.05) is 44.2 Å². The molecule has 0 aliphatic carbocycles. The average Bonchev–Trinajstić information content (AvgIpc) is 2.34. The zero-order chi connectivity index (χ0) is 13.1. The summed E-state index contributed by atoms with van der Waals surface area (Å²) in [7, 11) is 0. The second kappa shape index (κ2) is 4.92. The number of carbonyl (C=O) groups excluding carboxylic acids is 1. The molecule has 3 N–H and O–H groups in total. The fourth-order valence-electron chi connectivity index (χ4n) is 1.66. The van der Waals surface area contributed by atoms with Gasteiger partial charge in [0, 0.05) is 16.9 Å². The zero-order valence-corrected chi connectivity index (χ0v) is 10.5. The highest BCUT2D eigenvalue weighted by Crippen LogP contribution is 2.17. The quantitative estimate of drug-likeness (QED) is 0.792. The summed E-state index contributed by atoms with van der Waals surface area (Å²) in [4.78, 5) is 12.0. The van der Waals surface area contributed by atoms with Crippen molar-refractivity contribution in [2.45, 2.75) is 13.8 Å². The van der Waals surface area contributed by atoms with Crippen LogP contribution in [0.25, 0.3) is 0 Å². The number of nitrogens with two attached hydrogens (primary N) is 1. The summed E-state index contributed by atoms with van der Waals surface area (Å²) in [5, 5.41) is 2.85. The molecule has 3 nitrogen and oxygen atoms in total. The summed E-state index contributed by atoms with van der Waals surface area (Å²) in [6.45, 7) is 3.90. The summed E-state index contributed by atoms with van der Waals surface area (Å²) in [6.07, 6.45) is 0. The molecule has 1 amide bonds. The van der Waals surface area contributed by atoms with Gasteiger partial charge in [-0.3, -0.25) is 4.79 Å². The lowest BCUT2D eigenvalue weighted by atomic mass is 10.1. The number of rotatable bonds is 2. The highest BCUT2D eigenvalue weighted by Gasteiger charge is 2.06. The van der Waals surface area contributed by atoms with E-state index >= 15 is 0 Å². The van der Waals surface area contributed by atoms with Crippen molar-refractivity contribution in [1.29, 1.82) is 0 Å². The third kappa shape index (κ3) is 2.69. The van der Waals surface area contributed by atoms with Gasteiger partial charge in [-0.05, 0) is 49.7 Å². The number of nitrogens with one attached hydrogen (secondary N) is 1. The van der Waals surface area contributed by atoms with Crippen molar-refractivity contribution in [3.63, 3.8) is 0 Å². The van der Waals surface area contributed by atoms with Gasteiger partial charge in [0.05, 0.1) is 0 Å². The summed E-state index contributed by atoms with van der Waals surface area (Å²) >= 11 is 0. The zero-order valence-electron chi connectivity index (χ0n) is 10.5. The highest BCUT2D eigenvalue weighted by molar-refractivity contribution is 6.04. The molecule has 0 saturated carbocycles. The Labute approximate surface area is 107 Å². The van der Waals surface area contributed by atoms with Crippen molar-refractivity contribution in [2.24, 2.45) is 0 Å². The molecule has 92 valence electrons. The number of carbonyl (C=O) groups is 1. The van der Waals surface area contributed by atoms with Gasteiger partial charge >= 0.3 is 0 Å². The predicted octanol–water partition coefficient (Wildman–Crippen LogP) is 3.14. The molecular weight excluding hydrogens is 224 g/mol. The third-order valence-electron chi connectivity index (χ3n) is 2.84. The van der Waals surface area contributed by atoms with Crippen LogP contribution in [0.1, 0.15) is 21.5 Å². The van der Waals surface area contributed by atoms with Crippen molar-refractivity contribution < 1.29 is 4.79 Å². The van der Waals surface area contributed by atoms with E-state index in [2.05, 4.69) is 5.32 Å². The molecule has 3 heteroatoms. The molecule has 2 aromatic carbocycles. The first kappa shape index (κ1) is 12.2. The van der Waals surface area contributed by atoms with Crippen LogP contribution >= 0.6 is 0 Å². The molecule has 0 spiro atoms. The van der Waals surface area contributed by atoms with Crippen LogP contribution in [0.2, 0.25) is 0 Å². The van der Waals surface area contributed by atoms with Crippen molar-refractivity contribution in [3.05, 3.63) is 59.2 Å². The van der Waals surface area contributed by atoms with Gasteiger partial charge in [-0.2, -0.15) is 0 Å². The molecule has 0 saturated heterocycles. The van der Waals surface area contributed by atoms with Crippen LogP contribution in [0.15, 0.2) is 42.5 Å². The first-order valence-electron chi connectivity index (χ1n) is 5.80. The van der Waals surface area contributed by atoms with Crippen LogP contribution in [0, 0.1) is 13.8 Å². The molecule has 0 aliphatic rings. The van der Waals surface area contributed by atoms with Gasteiger partial charge in [0.15, 0.2) is 0 Å². The SMILES string of the molecule is Cc1ccc(C(=O)Nc2ccc(N)c(C)c2)cc1. The molecule has 0 radical (unpaired) electrons. The molecular formula is C15H16N2O. The third-order valence-corrected chi connectivity index (χ3v) is 2.84. The van der Waals surface area contributed by atoms with Crippen molar-refractivity contribution >= 4 is 17.3 Å². The Bertz CT molecular complexity index is 574. The minimum atomic E-state index is -0.112. The number of hydrogen-bond acceptors (Lipinski definition) is 2. The first-order chi connectivity index (χ1) is 8.56. The van der Waals surface area contributed by atoms with Crippen LogP contribution < -0.4 is 11.1 Å². The Kier molecular flexibility index (Phi) is 3.33. The Morgan fingerprint density at radius 2 is 1.72 bits per heavy atom. The lowest BCUT2D eigenvalue weighted by Crippen LogP contribution is -2.12. The summed E-state index contributed by atoms with van der Waals surface area (Å²) in [5.74, 6) is -0.112. The summed E-state index contributed by atoms with van der Waals surface area (Å²) in [5.41, 5.74) is 9.95. The topological polar surface area (TPSA) is 55.1 Å². The number of aryl methyl sites for hydroxylation is 2. The fourth-order valence-corrected chi connectivity index (χ4v) is 1.66. The lowest BCUT2D eigenvalue weighted by Gasteiger charge is -2.07. The van der Waals surface area contributed by atoms with Crippen molar-refractivity contribution in [3.8, 4) is 0 Å². The molecule has 0 aliphatic heterocycles. The van der Waals surface area contributed by atoms with Gasteiger partial charge in [0.1, 0.15) is 0 Å². The Balaban J connectivity index is 2.16. The van der Waals surface area contributed by atoms with E-state index in [-0.39, 0.29) is 5.91 Å². The molecule has 2 rings (SSSR count). The standard InChI is InChI=1S/C15H16N2O/c1-10-3-5-12(6-4-10)15(18)17-13-7-8-14(16)11(2)9-13/h3-9H,16H2,1-2H3,(H,17,18). The monoisotopic (exact) mass is 240 g/mol. The number of benzene rings is 2. The fraction of sp³-hybridized carbons (Fsp3) is 0.133. The average molecular weight is 240 g/mol. The molecule has 18 heavy (non-hydrogen) atoms.